The van der Waals surface area contributed by atoms with Crippen LogP contribution in [0.2, 0.25) is 0 Å². The zero-order valence-corrected chi connectivity index (χ0v) is 15.6. The second-order valence-corrected chi connectivity index (χ2v) is 5.84. The summed E-state index contributed by atoms with van der Waals surface area (Å²) in [5.41, 5.74) is 1.98. The van der Waals surface area contributed by atoms with Gasteiger partial charge in [-0.3, -0.25) is 0 Å². The number of carbonyl (C=O) groups excluding carboxylic acids is 1. The minimum Gasteiger partial charge on any atom is -0.493 e. The van der Waals surface area contributed by atoms with Crippen LogP contribution in [0.25, 0.3) is 11.1 Å². The Kier molecular flexibility index (Phi) is 5.41. The molecule has 0 fully saturated rings. The van der Waals surface area contributed by atoms with Gasteiger partial charge in [0.05, 0.1) is 27.9 Å². The van der Waals surface area contributed by atoms with E-state index < -0.39 is 18.2 Å². The molecule has 1 aliphatic heterocycles. The summed E-state index contributed by atoms with van der Waals surface area (Å²) < 4.78 is 27.4. The van der Waals surface area contributed by atoms with Crippen LogP contribution in [0.5, 0.6) is 23.0 Å². The Labute approximate surface area is 157 Å². The Bertz CT molecular complexity index is 846. The van der Waals surface area contributed by atoms with E-state index in [1.54, 1.807) is 19.1 Å². The molecule has 0 spiro atoms. The number of esters is 1. The highest BCUT2D eigenvalue weighted by molar-refractivity contribution is 5.86. The predicted octanol–water partition coefficient (Wildman–Crippen LogP) is 2.74. The highest BCUT2D eigenvalue weighted by Gasteiger charge is 2.39. The summed E-state index contributed by atoms with van der Waals surface area (Å²) in [5.74, 6) is 1.01. The first kappa shape index (κ1) is 18.8. The Morgan fingerprint density at radius 2 is 1.85 bits per heavy atom. The van der Waals surface area contributed by atoms with E-state index in [0.29, 0.717) is 34.1 Å². The number of para-hydroxylation sites is 1. The SMILES string of the molecule is CCOC(=O)C(O)C1Oc2ccccc2-c2c1cc(OC)c(OC)c2OC. The molecule has 0 aliphatic carbocycles. The average Bonchev–Trinajstić information content (AvgIpc) is 2.70. The molecule has 2 aromatic rings. The first-order valence-electron chi connectivity index (χ1n) is 8.50. The van der Waals surface area contributed by atoms with Crippen LogP contribution in [0.4, 0.5) is 0 Å². The summed E-state index contributed by atoms with van der Waals surface area (Å²) in [6, 6.07) is 8.99. The average molecular weight is 374 g/mol. The van der Waals surface area contributed by atoms with Crippen LogP contribution in [0.3, 0.4) is 0 Å². The molecule has 0 amide bonds. The third kappa shape index (κ3) is 3.14. The van der Waals surface area contributed by atoms with Crippen molar-refractivity contribution in [1.29, 1.82) is 0 Å². The molecular weight excluding hydrogens is 352 g/mol. The first-order chi connectivity index (χ1) is 13.1. The molecule has 7 heteroatoms. The molecule has 144 valence electrons. The maximum Gasteiger partial charge on any atom is 0.339 e. The van der Waals surface area contributed by atoms with Crippen molar-refractivity contribution in [3.63, 3.8) is 0 Å². The Morgan fingerprint density at radius 1 is 1.15 bits per heavy atom. The van der Waals surface area contributed by atoms with Crippen molar-refractivity contribution < 1.29 is 33.6 Å². The number of hydrogen-bond donors (Lipinski definition) is 1. The fourth-order valence-electron chi connectivity index (χ4n) is 3.24. The highest BCUT2D eigenvalue weighted by atomic mass is 16.6. The van der Waals surface area contributed by atoms with Gasteiger partial charge in [-0.05, 0) is 19.1 Å². The van der Waals surface area contributed by atoms with Crippen LogP contribution in [0.15, 0.2) is 30.3 Å². The van der Waals surface area contributed by atoms with E-state index >= 15 is 0 Å². The summed E-state index contributed by atoms with van der Waals surface area (Å²) in [7, 11) is 4.54. The largest absolute Gasteiger partial charge is 0.493 e. The van der Waals surface area contributed by atoms with E-state index in [1.165, 1.54) is 21.3 Å². The molecule has 1 heterocycles. The lowest BCUT2D eigenvalue weighted by Gasteiger charge is -2.32. The van der Waals surface area contributed by atoms with Crippen LogP contribution < -0.4 is 18.9 Å². The topological polar surface area (TPSA) is 83.5 Å². The zero-order chi connectivity index (χ0) is 19.6. The number of rotatable bonds is 6. The molecule has 0 radical (unpaired) electrons. The van der Waals surface area contributed by atoms with Gasteiger partial charge in [0.25, 0.3) is 0 Å². The molecule has 0 bridgehead atoms. The highest BCUT2D eigenvalue weighted by Crippen LogP contribution is 2.54. The fourth-order valence-corrected chi connectivity index (χ4v) is 3.24. The van der Waals surface area contributed by atoms with Crippen molar-refractivity contribution >= 4 is 5.97 Å². The molecule has 0 saturated heterocycles. The van der Waals surface area contributed by atoms with E-state index in [9.17, 15) is 9.90 Å². The summed E-state index contributed by atoms with van der Waals surface area (Å²) in [6.45, 7) is 1.83. The zero-order valence-electron chi connectivity index (χ0n) is 15.6. The molecule has 27 heavy (non-hydrogen) atoms. The molecule has 1 N–H and O–H groups in total. The summed E-state index contributed by atoms with van der Waals surface area (Å²) in [4.78, 5) is 12.2. The molecular formula is C20H22O7. The van der Waals surface area contributed by atoms with Gasteiger partial charge in [0.2, 0.25) is 5.75 Å². The van der Waals surface area contributed by atoms with Gasteiger partial charge < -0.3 is 28.8 Å². The molecule has 2 unspecified atom stereocenters. The van der Waals surface area contributed by atoms with Crippen LogP contribution in [0, 0.1) is 0 Å². The lowest BCUT2D eigenvalue weighted by molar-refractivity contribution is -0.158. The number of aliphatic hydroxyl groups is 1. The number of carbonyl (C=O) groups is 1. The minimum atomic E-state index is -1.51. The third-order valence-electron chi connectivity index (χ3n) is 4.39. The number of hydrogen-bond acceptors (Lipinski definition) is 7. The van der Waals surface area contributed by atoms with Crippen LogP contribution in [-0.4, -0.2) is 45.1 Å². The minimum absolute atomic E-state index is 0.154. The van der Waals surface area contributed by atoms with Crippen LogP contribution in [-0.2, 0) is 9.53 Å². The molecule has 2 atom stereocenters. The van der Waals surface area contributed by atoms with Crippen molar-refractivity contribution in [2.45, 2.75) is 19.1 Å². The molecule has 0 saturated carbocycles. The van der Waals surface area contributed by atoms with Gasteiger partial charge in [-0.15, -0.1) is 0 Å². The monoisotopic (exact) mass is 374 g/mol. The van der Waals surface area contributed by atoms with E-state index in [1.807, 2.05) is 18.2 Å². The summed E-state index contributed by atoms with van der Waals surface area (Å²) in [5, 5.41) is 10.6. The lowest BCUT2D eigenvalue weighted by atomic mass is 9.89. The number of benzene rings is 2. The summed E-state index contributed by atoms with van der Waals surface area (Å²) in [6.07, 6.45) is -2.50. The molecule has 7 nitrogen and oxygen atoms in total. The maximum atomic E-state index is 12.2. The quantitative estimate of drug-likeness (QED) is 0.779. The van der Waals surface area contributed by atoms with E-state index in [4.69, 9.17) is 23.7 Å². The standard InChI is InChI=1S/C20H22O7/c1-5-26-20(22)16(21)17-12-10-14(23-2)18(24-3)19(25-4)15(12)11-8-6-7-9-13(11)27-17/h6-10,16-17,21H,5H2,1-4H3. The van der Waals surface area contributed by atoms with Gasteiger partial charge >= 0.3 is 5.97 Å². The van der Waals surface area contributed by atoms with Gasteiger partial charge in [-0.2, -0.15) is 0 Å². The Balaban J connectivity index is 2.26. The van der Waals surface area contributed by atoms with Crippen molar-refractivity contribution in [3.8, 4) is 34.1 Å². The van der Waals surface area contributed by atoms with Gasteiger partial charge in [0.15, 0.2) is 23.7 Å². The third-order valence-corrected chi connectivity index (χ3v) is 4.39. The van der Waals surface area contributed by atoms with E-state index in [2.05, 4.69) is 0 Å². The first-order valence-corrected chi connectivity index (χ1v) is 8.50. The van der Waals surface area contributed by atoms with E-state index in [-0.39, 0.29) is 6.61 Å². The smallest absolute Gasteiger partial charge is 0.339 e. The van der Waals surface area contributed by atoms with Gasteiger partial charge in [-0.1, -0.05) is 18.2 Å². The van der Waals surface area contributed by atoms with Crippen molar-refractivity contribution in [1.82, 2.24) is 0 Å². The van der Waals surface area contributed by atoms with Crippen molar-refractivity contribution in [2.24, 2.45) is 0 Å². The van der Waals surface area contributed by atoms with Gasteiger partial charge in [-0.25, -0.2) is 4.79 Å². The molecule has 2 aromatic carbocycles. The van der Waals surface area contributed by atoms with Gasteiger partial charge in [0, 0.05) is 16.7 Å². The second-order valence-electron chi connectivity index (χ2n) is 5.84. The molecule has 3 rings (SSSR count). The predicted molar refractivity (Wildman–Crippen MR) is 97.5 cm³/mol. The number of ether oxygens (including phenoxy) is 5. The van der Waals surface area contributed by atoms with Crippen LogP contribution >= 0.6 is 0 Å². The Morgan fingerprint density at radius 3 is 2.48 bits per heavy atom. The Hall–Kier alpha value is -2.93. The number of fused-ring (bicyclic) bond motifs is 3. The number of aliphatic hydroxyl groups excluding tert-OH is 1. The van der Waals surface area contributed by atoms with Crippen molar-refractivity contribution in [3.05, 3.63) is 35.9 Å². The van der Waals surface area contributed by atoms with E-state index in [0.717, 1.165) is 5.56 Å². The summed E-state index contributed by atoms with van der Waals surface area (Å²) >= 11 is 0. The maximum absolute atomic E-state index is 12.2. The van der Waals surface area contributed by atoms with Crippen LogP contribution in [0.1, 0.15) is 18.6 Å². The second kappa shape index (κ2) is 7.75. The fraction of sp³-hybridized carbons (Fsp3) is 0.350. The lowest BCUT2D eigenvalue weighted by Crippen LogP contribution is -2.35. The normalized spacial score (nSPS) is 15.7. The number of methoxy groups -OCH3 is 3. The van der Waals surface area contributed by atoms with Crippen molar-refractivity contribution in [2.75, 3.05) is 27.9 Å². The molecule has 1 aliphatic rings. The van der Waals surface area contributed by atoms with Gasteiger partial charge in [0.1, 0.15) is 5.75 Å². The molecule has 0 aromatic heterocycles.